The number of ether oxygens (including phenoxy) is 1. The van der Waals surface area contributed by atoms with E-state index >= 15 is 0 Å². The second kappa shape index (κ2) is 9.82. The Kier molecular flexibility index (Phi) is 8.42. The molecule has 0 radical (unpaired) electrons. The zero-order valence-corrected chi connectivity index (χ0v) is 13.6. The highest BCUT2D eigenvalue weighted by Crippen LogP contribution is 2.28. The zero-order chi connectivity index (χ0) is 15.6. The maximum atomic E-state index is 12.6. The Balaban J connectivity index is 3.01. The Morgan fingerprint density at radius 3 is 2.57 bits per heavy atom. The molecule has 21 heavy (non-hydrogen) atoms. The van der Waals surface area contributed by atoms with E-state index in [-0.39, 0.29) is 12.6 Å². The minimum atomic E-state index is -0.811. The molecule has 0 aromatic heterocycles. The molecule has 0 aliphatic carbocycles. The lowest BCUT2D eigenvalue weighted by atomic mass is 9.87. The predicted octanol–water partition coefficient (Wildman–Crippen LogP) is 2.17. The summed E-state index contributed by atoms with van der Waals surface area (Å²) in [6.45, 7) is 5.00. The van der Waals surface area contributed by atoms with Gasteiger partial charge in [0.05, 0.1) is 13.2 Å². The van der Waals surface area contributed by atoms with Gasteiger partial charge in [0.15, 0.2) is 0 Å². The zero-order valence-electron chi connectivity index (χ0n) is 12.8. The Morgan fingerprint density at radius 1 is 1.29 bits per heavy atom. The first-order valence-electron chi connectivity index (χ1n) is 7.37. The highest BCUT2D eigenvalue weighted by molar-refractivity contribution is 7.99. The van der Waals surface area contributed by atoms with Gasteiger partial charge >= 0.3 is 5.97 Å². The van der Waals surface area contributed by atoms with Crippen LogP contribution in [0.5, 0.6) is 0 Å². The van der Waals surface area contributed by atoms with Gasteiger partial charge in [-0.2, -0.15) is 11.8 Å². The molecule has 1 atom stereocenters. The minimum Gasteiger partial charge on any atom is -0.464 e. The van der Waals surface area contributed by atoms with Crippen molar-refractivity contribution in [3.63, 3.8) is 0 Å². The van der Waals surface area contributed by atoms with E-state index in [1.807, 2.05) is 44.2 Å². The molecule has 5 heteroatoms. The molecule has 0 spiro atoms. The van der Waals surface area contributed by atoms with Crippen LogP contribution >= 0.6 is 11.8 Å². The van der Waals surface area contributed by atoms with Crippen LogP contribution in [-0.4, -0.2) is 42.3 Å². The fourth-order valence-corrected chi connectivity index (χ4v) is 3.08. The topological polar surface area (TPSA) is 58.6 Å². The largest absolute Gasteiger partial charge is 0.464 e. The summed E-state index contributed by atoms with van der Waals surface area (Å²) in [6, 6.07) is 9.71. The van der Waals surface area contributed by atoms with Crippen molar-refractivity contribution < 1.29 is 14.6 Å². The molecule has 0 saturated carbocycles. The highest BCUT2D eigenvalue weighted by atomic mass is 32.2. The van der Waals surface area contributed by atoms with E-state index in [9.17, 15) is 4.79 Å². The smallest absolute Gasteiger partial charge is 0.331 e. The van der Waals surface area contributed by atoms with Crippen molar-refractivity contribution in [1.82, 2.24) is 5.32 Å². The van der Waals surface area contributed by atoms with Gasteiger partial charge in [0.2, 0.25) is 0 Å². The van der Waals surface area contributed by atoms with Crippen molar-refractivity contribution in [1.29, 1.82) is 0 Å². The standard InChI is InChI=1S/C16H25NO3S/c1-3-17-16(15(19)20-4-2,10-12-21-13-11-18)14-8-6-5-7-9-14/h5-9,17-18H,3-4,10-13H2,1-2H3. The first kappa shape index (κ1) is 18.0. The van der Waals surface area contributed by atoms with Crippen LogP contribution in [0.25, 0.3) is 0 Å². The molecule has 4 nitrogen and oxygen atoms in total. The third-order valence-electron chi connectivity index (χ3n) is 3.23. The number of benzene rings is 1. The lowest BCUT2D eigenvalue weighted by Crippen LogP contribution is -2.50. The Bertz CT molecular complexity index is 413. The Hall–Kier alpha value is -1.04. The van der Waals surface area contributed by atoms with Gasteiger partial charge in [0.1, 0.15) is 5.54 Å². The summed E-state index contributed by atoms with van der Waals surface area (Å²) in [5, 5.41) is 12.2. The summed E-state index contributed by atoms with van der Waals surface area (Å²) in [4.78, 5) is 12.6. The molecule has 1 rings (SSSR count). The van der Waals surface area contributed by atoms with Crippen LogP contribution in [0.15, 0.2) is 30.3 Å². The molecule has 0 aliphatic heterocycles. The summed E-state index contributed by atoms with van der Waals surface area (Å²) in [5.74, 6) is 1.23. The molecule has 1 aromatic rings. The molecule has 2 N–H and O–H groups in total. The fraction of sp³-hybridized carbons (Fsp3) is 0.562. The van der Waals surface area contributed by atoms with Crippen molar-refractivity contribution in [3.8, 4) is 0 Å². The number of aliphatic hydroxyl groups is 1. The molecule has 118 valence electrons. The average Bonchev–Trinajstić information content (AvgIpc) is 2.51. The molecule has 0 amide bonds. The lowest BCUT2D eigenvalue weighted by Gasteiger charge is -2.32. The summed E-state index contributed by atoms with van der Waals surface area (Å²) < 4.78 is 5.31. The van der Waals surface area contributed by atoms with Crippen molar-refractivity contribution >= 4 is 17.7 Å². The second-order valence-electron chi connectivity index (χ2n) is 4.61. The number of rotatable bonds is 10. The van der Waals surface area contributed by atoms with Crippen LogP contribution in [0.1, 0.15) is 25.8 Å². The normalized spacial score (nSPS) is 13.7. The van der Waals surface area contributed by atoms with E-state index in [1.54, 1.807) is 11.8 Å². The third kappa shape index (κ3) is 5.02. The first-order valence-corrected chi connectivity index (χ1v) is 8.53. The van der Waals surface area contributed by atoms with Gasteiger partial charge in [0, 0.05) is 5.75 Å². The van der Waals surface area contributed by atoms with Crippen molar-refractivity contribution in [2.75, 3.05) is 31.3 Å². The van der Waals surface area contributed by atoms with E-state index in [1.165, 1.54) is 0 Å². The molecule has 1 aromatic carbocycles. The first-order chi connectivity index (χ1) is 10.2. The summed E-state index contributed by atoms with van der Waals surface area (Å²) >= 11 is 1.64. The average molecular weight is 311 g/mol. The molecule has 0 saturated heterocycles. The number of carbonyl (C=O) groups is 1. The van der Waals surface area contributed by atoms with Crippen molar-refractivity contribution in [3.05, 3.63) is 35.9 Å². The number of hydrogen-bond donors (Lipinski definition) is 2. The molecule has 0 bridgehead atoms. The number of likely N-dealkylation sites (N-methyl/N-ethyl adjacent to an activating group) is 1. The number of hydrogen-bond acceptors (Lipinski definition) is 5. The van der Waals surface area contributed by atoms with E-state index in [2.05, 4.69) is 5.32 Å². The van der Waals surface area contributed by atoms with Crippen LogP contribution < -0.4 is 5.32 Å². The van der Waals surface area contributed by atoms with Gasteiger partial charge in [-0.25, -0.2) is 4.79 Å². The second-order valence-corrected chi connectivity index (χ2v) is 5.83. The van der Waals surface area contributed by atoms with Crippen LogP contribution in [0.2, 0.25) is 0 Å². The number of nitrogens with one attached hydrogen (secondary N) is 1. The van der Waals surface area contributed by atoms with Gasteiger partial charge in [-0.05, 0) is 31.2 Å². The molecule has 1 unspecified atom stereocenters. The van der Waals surface area contributed by atoms with E-state index in [0.29, 0.717) is 25.3 Å². The summed E-state index contributed by atoms with van der Waals surface area (Å²) in [6.07, 6.45) is 0.633. The van der Waals surface area contributed by atoms with Crippen LogP contribution in [-0.2, 0) is 15.1 Å². The summed E-state index contributed by atoms with van der Waals surface area (Å²) in [7, 11) is 0. The number of thioether (sulfide) groups is 1. The van der Waals surface area contributed by atoms with Crippen molar-refractivity contribution in [2.24, 2.45) is 0 Å². The third-order valence-corrected chi connectivity index (χ3v) is 4.19. The van der Waals surface area contributed by atoms with Crippen molar-refractivity contribution in [2.45, 2.75) is 25.8 Å². The Morgan fingerprint density at radius 2 is 2.00 bits per heavy atom. The van der Waals surface area contributed by atoms with E-state index in [4.69, 9.17) is 9.84 Å². The SMILES string of the molecule is CCNC(CCSCCO)(C(=O)OCC)c1ccccc1. The van der Waals surface area contributed by atoms with Gasteiger partial charge in [-0.1, -0.05) is 37.3 Å². The quantitative estimate of drug-likeness (QED) is 0.512. The van der Waals surface area contributed by atoms with Crippen LogP contribution in [0.4, 0.5) is 0 Å². The molecule has 0 fully saturated rings. The van der Waals surface area contributed by atoms with Gasteiger partial charge < -0.3 is 9.84 Å². The van der Waals surface area contributed by atoms with Gasteiger partial charge in [-0.3, -0.25) is 5.32 Å². The monoisotopic (exact) mass is 311 g/mol. The number of esters is 1. The lowest BCUT2D eigenvalue weighted by molar-refractivity contribution is -0.152. The van der Waals surface area contributed by atoms with Gasteiger partial charge in [-0.15, -0.1) is 0 Å². The minimum absolute atomic E-state index is 0.156. The van der Waals surface area contributed by atoms with E-state index < -0.39 is 5.54 Å². The molecule has 0 aliphatic rings. The fourth-order valence-electron chi connectivity index (χ4n) is 2.30. The number of carbonyl (C=O) groups excluding carboxylic acids is 1. The summed E-state index contributed by atoms with van der Waals surface area (Å²) in [5.41, 5.74) is 0.115. The maximum absolute atomic E-state index is 12.6. The van der Waals surface area contributed by atoms with E-state index in [0.717, 1.165) is 11.3 Å². The molecular weight excluding hydrogens is 286 g/mol. The molecular formula is C16H25NO3S. The van der Waals surface area contributed by atoms with Crippen LogP contribution in [0.3, 0.4) is 0 Å². The molecule has 0 heterocycles. The predicted molar refractivity (Wildman–Crippen MR) is 87.5 cm³/mol. The van der Waals surface area contributed by atoms with Crippen LogP contribution in [0, 0.1) is 0 Å². The Labute approximate surface area is 131 Å². The maximum Gasteiger partial charge on any atom is 0.331 e. The highest BCUT2D eigenvalue weighted by Gasteiger charge is 2.40. The number of aliphatic hydroxyl groups excluding tert-OH is 1. The van der Waals surface area contributed by atoms with Gasteiger partial charge in [0.25, 0.3) is 0 Å².